The summed E-state index contributed by atoms with van der Waals surface area (Å²) in [5.74, 6) is 2.08. The van der Waals surface area contributed by atoms with Crippen molar-refractivity contribution in [1.29, 1.82) is 0 Å². The van der Waals surface area contributed by atoms with Gasteiger partial charge in [0.2, 0.25) is 6.79 Å². The lowest BCUT2D eigenvalue weighted by Gasteiger charge is -2.38. The standard InChI is InChI=1S/C23H26F3N3O3.HI/c1-27-21(28-13-16-2-4-17(5-3-16)23(24,25)26)29-14-22(8-10-30-11-9-22)18-6-7-19-20(12-18)32-15-31-19;/h2-7,12H,8-11,13-15H2,1H3,(H2,27,28,29);1H. The number of fused-ring (bicyclic) bond motifs is 1. The molecule has 2 N–H and O–H groups in total. The molecule has 0 radical (unpaired) electrons. The number of hydrogen-bond acceptors (Lipinski definition) is 4. The molecule has 1 saturated heterocycles. The van der Waals surface area contributed by atoms with E-state index in [9.17, 15) is 13.2 Å². The van der Waals surface area contributed by atoms with E-state index in [2.05, 4.69) is 21.7 Å². The summed E-state index contributed by atoms with van der Waals surface area (Å²) in [5.41, 5.74) is 1.06. The molecule has 2 heterocycles. The fourth-order valence-electron chi connectivity index (χ4n) is 4.03. The molecule has 10 heteroatoms. The van der Waals surface area contributed by atoms with Gasteiger partial charge in [0.1, 0.15) is 0 Å². The zero-order valence-corrected chi connectivity index (χ0v) is 20.5. The molecule has 0 aliphatic carbocycles. The minimum Gasteiger partial charge on any atom is -0.454 e. The molecule has 0 unspecified atom stereocenters. The number of ether oxygens (including phenoxy) is 3. The minimum absolute atomic E-state index is 0. The Bertz CT molecular complexity index is 962. The number of rotatable bonds is 5. The zero-order valence-electron chi connectivity index (χ0n) is 18.2. The Morgan fingerprint density at radius 3 is 2.36 bits per heavy atom. The van der Waals surface area contributed by atoms with E-state index in [4.69, 9.17) is 14.2 Å². The molecule has 0 aromatic heterocycles. The Labute approximate surface area is 207 Å². The van der Waals surface area contributed by atoms with Crippen LogP contribution in [0.2, 0.25) is 0 Å². The van der Waals surface area contributed by atoms with Crippen LogP contribution in [-0.4, -0.2) is 39.6 Å². The Balaban J connectivity index is 0.00000306. The molecule has 0 atom stereocenters. The topological polar surface area (TPSA) is 64.1 Å². The van der Waals surface area contributed by atoms with Crippen LogP contribution in [0.4, 0.5) is 13.2 Å². The van der Waals surface area contributed by atoms with Crippen LogP contribution in [-0.2, 0) is 22.9 Å². The highest BCUT2D eigenvalue weighted by atomic mass is 127. The lowest BCUT2D eigenvalue weighted by atomic mass is 9.74. The van der Waals surface area contributed by atoms with Crippen molar-refractivity contribution in [3.63, 3.8) is 0 Å². The number of alkyl halides is 3. The number of nitrogens with zero attached hydrogens (tertiary/aromatic N) is 1. The predicted molar refractivity (Wildman–Crippen MR) is 129 cm³/mol. The molecule has 2 aromatic rings. The first-order valence-corrected chi connectivity index (χ1v) is 10.5. The highest BCUT2D eigenvalue weighted by Gasteiger charge is 2.36. The molecule has 0 amide bonds. The van der Waals surface area contributed by atoms with Gasteiger partial charge in [0.15, 0.2) is 17.5 Å². The van der Waals surface area contributed by atoms with E-state index in [1.807, 2.05) is 12.1 Å². The molecule has 180 valence electrons. The van der Waals surface area contributed by atoms with Crippen molar-refractivity contribution in [3.8, 4) is 11.5 Å². The summed E-state index contributed by atoms with van der Waals surface area (Å²) >= 11 is 0. The number of guanidine groups is 1. The molecule has 4 rings (SSSR count). The lowest BCUT2D eigenvalue weighted by Crippen LogP contribution is -2.47. The molecule has 2 aliphatic rings. The number of hydrogen-bond donors (Lipinski definition) is 2. The van der Waals surface area contributed by atoms with E-state index >= 15 is 0 Å². The van der Waals surface area contributed by atoms with Gasteiger partial charge in [-0.3, -0.25) is 4.99 Å². The third-order valence-corrected chi connectivity index (χ3v) is 5.99. The van der Waals surface area contributed by atoms with Crippen LogP contribution in [0.3, 0.4) is 0 Å². The fourth-order valence-corrected chi connectivity index (χ4v) is 4.03. The summed E-state index contributed by atoms with van der Waals surface area (Å²) < 4.78 is 54.8. The van der Waals surface area contributed by atoms with Crippen LogP contribution in [0.15, 0.2) is 47.5 Å². The molecule has 2 aromatic carbocycles. The highest BCUT2D eigenvalue weighted by molar-refractivity contribution is 14.0. The Kier molecular flexibility index (Phi) is 8.33. The summed E-state index contributed by atoms with van der Waals surface area (Å²) in [6.45, 7) is 2.54. The van der Waals surface area contributed by atoms with E-state index in [-0.39, 0.29) is 36.2 Å². The van der Waals surface area contributed by atoms with E-state index in [0.29, 0.717) is 32.3 Å². The number of nitrogens with one attached hydrogen (secondary N) is 2. The second kappa shape index (κ2) is 10.8. The summed E-state index contributed by atoms with van der Waals surface area (Å²) in [7, 11) is 1.67. The van der Waals surface area contributed by atoms with Gasteiger partial charge < -0.3 is 24.8 Å². The van der Waals surface area contributed by atoms with Crippen LogP contribution in [0, 0.1) is 0 Å². The first-order chi connectivity index (χ1) is 15.4. The van der Waals surface area contributed by atoms with Crippen molar-refractivity contribution in [2.45, 2.75) is 31.0 Å². The third kappa shape index (κ3) is 6.03. The van der Waals surface area contributed by atoms with Gasteiger partial charge in [0.05, 0.1) is 5.56 Å². The lowest BCUT2D eigenvalue weighted by molar-refractivity contribution is -0.137. The van der Waals surface area contributed by atoms with Crippen LogP contribution in [0.25, 0.3) is 0 Å². The molecular weight excluding hydrogens is 550 g/mol. The average molecular weight is 577 g/mol. The van der Waals surface area contributed by atoms with E-state index in [0.717, 1.165) is 47.6 Å². The summed E-state index contributed by atoms with van der Waals surface area (Å²) in [5, 5.41) is 6.56. The van der Waals surface area contributed by atoms with Crippen molar-refractivity contribution >= 4 is 29.9 Å². The largest absolute Gasteiger partial charge is 0.454 e. The average Bonchev–Trinajstić information content (AvgIpc) is 3.27. The molecule has 2 aliphatic heterocycles. The second-order valence-corrected chi connectivity index (χ2v) is 7.93. The third-order valence-electron chi connectivity index (χ3n) is 5.99. The van der Waals surface area contributed by atoms with Gasteiger partial charge in [0, 0.05) is 38.8 Å². The molecule has 0 spiro atoms. The smallest absolute Gasteiger partial charge is 0.416 e. The van der Waals surface area contributed by atoms with E-state index in [1.165, 1.54) is 12.1 Å². The number of benzene rings is 2. The van der Waals surface area contributed by atoms with Crippen LogP contribution in [0.1, 0.15) is 29.5 Å². The van der Waals surface area contributed by atoms with Crippen LogP contribution < -0.4 is 20.1 Å². The van der Waals surface area contributed by atoms with Gasteiger partial charge in [-0.05, 0) is 48.2 Å². The quantitative estimate of drug-likeness (QED) is 0.312. The maximum Gasteiger partial charge on any atom is 0.416 e. The van der Waals surface area contributed by atoms with Gasteiger partial charge in [-0.15, -0.1) is 24.0 Å². The maximum absolute atomic E-state index is 12.7. The van der Waals surface area contributed by atoms with Gasteiger partial charge in [-0.1, -0.05) is 18.2 Å². The van der Waals surface area contributed by atoms with Crippen molar-refractivity contribution < 1.29 is 27.4 Å². The first kappa shape index (κ1) is 25.4. The predicted octanol–water partition coefficient (Wildman–Crippen LogP) is 4.47. The van der Waals surface area contributed by atoms with E-state index in [1.54, 1.807) is 7.05 Å². The molecule has 1 fully saturated rings. The zero-order chi connectivity index (χ0) is 22.6. The number of halogens is 4. The van der Waals surface area contributed by atoms with Gasteiger partial charge >= 0.3 is 6.18 Å². The molecule has 0 saturated carbocycles. The summed E-state index contributed by atoms with van der Waals surface area (Å²) in [6.07, 6.45) is -2.65. The SMILES string of the molecule is CN=C(NCc1ccc(C(F)(F)F)cc1)NCC1(c2ccc3c(c2)OCO3)CCOCC1.I. The Morgan fingerprint density at radius 2 is 1.70 bits per heavy atom. The monoisotopic (exact) mass is 577 g/mol. The normalized spacial score (nSPS) is 17.3. The van der Waals surface area contributed by atoms with E-state index < -0.39 is 11.7 Å². The highest BCUT2D eigenvalue weighted by Crippen LogP contribution is 2.40. The summed E-state index contributed by atoms with van der Waals surface area (Å²) in [6, 6.07) is 11.2. The Morgan fingerprint density at radius 1 is 1.00 bits per heavy atom. The number of aliphatic imine (C=N–C) groups is 1. The fraction of sp³-hybridized carbons (Fsp3) is 0.435. The molecule has 6 nitrogen and oxygen atoms in total. The summed E-state index contributed by atoms with van der Waals surface area (Å²) in [4.78, 5) is 4.27. The van der Waals surface area contributed by atoms with Gasteiger partial charge in [-0.2, -0.15) is 13.2 Å². The molecule has 0 bridgehead atoms. The first-order valence-electron chi connectivity index (χ1n) is 10.5. The van der Waals surface area contributed by atoms with Crippen LogP contribution >= 0.6 is 24.0 Å². The van der Waals surface area contributed by atoms with Crippen molar-refractivity contribution in [3.05, 3.63) is 59.2 Å². The van der Waals surface area contributed by atoms with Crippen molar-refractivity contribution in [1.82, 2.24) is 10.6 Å². The molecular formula is C23H27F3IN3O3. The van der Waals surface area contributed by atoms with Crippen molar-refractivity contribution in [2.75, 3.05) is 33.6 Å². The van der Waals surface area contributed by atoms with Gasteiger partial charge in [0.25, 0.3) is 0 Å². The van der Waals surface area contributed by atoms with Gasteiger partial charge in [-0.25, -0.2) is 0 Å². The van der Waals surface area contributed by atoms with Crippen molar-refractivity contribution in [2.24, 2.45) is 4.99 Å². The Hall–Kier alpha value is -2.21. The minimum atomic E-state index is -4.34. The maximum atomic E-state index is 12.7. The van der Waals surface area contributed by atoms with Crippen LogP contribution in [0.5, 0.6) is 11.5 Å². The molecule has 33 heavy (non-hydrogen) atoms. The second-order valence-electron chi connectivity index (χ2n) is 7.93.